The van der Waals surface area contributed by atoms with E-state index >= 15 is 0 Å². The highest BCUT2D eigenvalue weighted by atomic mass is 35.5. The predicted octanol–water partition coefficient (Wildman–Crippen LogP) is 2.97. The Hall–Kier alpha value is 0.250. The first kappa shape index (κ1) is 13.8. The number of hydrogen-bond acceptors (Lipinski definition) is 1. The molecule has 0 rings (SSSR count). The molecule has 0 heterocycles. The lowest BCUT2D eigenvalue weighted by Crippen LogP contribution is -2.34. The zero-order valence-electron chi connectivity index (χ0n) is 8.18. The summed E-state index contributed by atoms with van der Waals surface area (Å²) < 4.78 is 0. The lowest BCUT2D eigenvalue weighted by molar-refractivity contribution is 0.300. The maximum Gasteiger partial charge on any atom is 0.00876 e. The first-order chi connectivity index (χ1) is 4.48. The van der Waals surface area contributed by atoms with Gasteiger partial charge in [0, 0.05) is 6.04 Å². The molecule has 0 saturated heterocycles. The fraction of sp³-hybridized carbons (Fsp3) is 1.00. The first-order valence-electron chi connectivity index (χ1n) is 4.24. The quantitative estimate of drug-likeness (QED) is 0.709. The molecular formula is C9H22ClN. The van der Waals surface area contributed by atoms with Crippen LogP contribution in [0.3, 0.4) is 0 Å². The summed E-state index contributed by atoms with van der Waals surface area (Å²) in [5.41, 5.74) is 6.22. The topological polar surface area (TPSA) is 26.0 Å². The van der Waals surface area contributed by atoms with Crippen LogP contribution in [-0.4, -0.2) is 6.04 Å². The summed E-state index contributed by atoms with van der Waals surface area (Å²) in [6.07, 6.45) is 3.68. The van der Waals surface area contributed by atoms with E-state index in [0.717, 1.165) is 0 Å². The minimum Gasteiger partial charge on any atom is -0.327 e. The molecule has 0 fully saturated rings. The third-order valence-electron chi connectivity index (χ3n) is 1.98. The zero-order valence-corrected chi connectivity index (χ0v) is 9.00. The van der Waals surface area contributed by atoms with Crippen LogP contribution in [-0.2, 0) is 0 Å². The Labute approximate surface area is 77.2 Å². The second-order valence-corrected chi connectivity index (χ2v) is 4.11. The average molecular weight is 180 g/mol. The minimum atomic E-state index is 0. The van der Waals surface area contributed by atoms with E-state index in [1.165, 1.54) is 19.3 Å². The van der Waals surface area contributed by atoms with Crippen molar-refractivity contribution in [3.63, 3.8) is 0 Å². The van der Waals surface area contributed by atoms with Crippen molar-refractivity contribution in [2.75, 3.05) is 0 Å². The molecule has 2 heteroatoms. The van der Waals surface area contributed by atoms with Gasteiger partial charge in [0.2, 0.25) is 0 Å². The van der Waals surface area contributed by atoms with Crippen molar-refractivity contribution < 1.29 is 0 Å². The Morgan fingerprint density at radius 2 is 1.73 bits per heavy atom. The maximum atomic E-state index is 5.94. The Morgan fingerprint density at radius 3 is 2.00 bits per heavy atom. The molecule has 2 N–H and O–H groups in total. The highest BCUT2D eigenvalue weighted by molar-refractivity contribution is 5.85. The first-order valence-corrected chi connectivity index (χ1v) is 4.24. The summed E-state index contributed by atoms with van der Waals surface area (Å²) in [7, 11) is 0. The molecular weight excluding hydrogens is 158 g/mol. The molecule has 0 aliphatic heterocycles. The monoisotopic (exact) mass is 179 g/mol. The largest absolute Gasteiger partial charge is 0.327 e. The fourth-order valence-corrected chi connectivity index (χ4v) is 0.857. The van der Waals surface area contributed by atoms with Gasteiger partial charge in [-0.05, 0) is 11.8 Å². The lowest BCUT2D eigenvalue weighted by Gasteiger charge is -2.26. The van der Waals surface area contributed by atoms with Crippen LogP contribution in [0, 0.1) is 5.41 Å². The average Bonchev–Trinajstić information content (AvgIpc) is 1.80. The molecule has 0 aromatic rings. The number of unbranched alkanes of at least 4 members (excludes halogenated alkanes) is 1. The van der Waals surface area contributed by atoms with E-state index in [2.05, 4.69) is 27.7 Å². The van der Waals surface area contributed by atoms with Gasteiger partial charge in [-0.25, -0.2) is 0 Å². The normalized spacial score (nSPS) is 13.9. The van der Waals surface area contributed by atoms with Gasteiger partial charge in [0.1, 0.15) is 0 Å². The number of rotatable bonds is 3. The molecule has 11 heavy (non-hydrogen) atoms. The van der Waals surface area contributed by atoms with Gasteiger partial charge in [-0.1, -0.05) is 40.5 Å². The molecule has 0 aliphatic rings. The molecule has 70 valence electrons. The molecule has 1 atom stereocenters. The molecule has 1 unspecified atom stereocenters. The van der Waals surface area contributed by atoms with Crippen molar-refractivity contribution in [1.82, 2.24) is 0 Å². The van der Waals surface area contributed by atoms with Crippen molar-refractivity contribution in [3.05, 3.63) is 0 Å². The summed E-state index contributed by atoms with van der Waals surface area (Å²) >= 11 is 0. The standard InChI is InChI=1S/C9H21N.ClH/c1-5-6-7-8(10)9(2,3)4;/h8H,5-7,10H2,1-4H3;1H. The van der Waals surface area contributed by atoms with Gasteiger partial charge in [-0.3, -0.25) is 0 Å². The van der Waals surface area contributed by atoms with Crippen molar-refractivity contribution in [3.8, 4) is 0 Å². The molecule has 1 nitrogen and oxygen atoms in total. The van der Waals surface area contributed by atoms with E-state index in [0.29, 0.717) is 6.04 Å². The Morgan fingerprint density at radius 1 is 1.27 bits per heavy atom. The lowest BCUT2D eigenvalue weighted by atomic mass is 9.84. The van der Waals surface area contributed by atoms with Gasteiger partial charge in [0.15, 0.2) is 0 Å². The van der Waals surface area contributed by atoms with Crippen molar-refractivity contribution in [1.29, 1.82) is 0 Å². The highest BCUT2D eigenvalue weighted by Gasteiger charge is 2.19. The molecule has 0 spiro atoms. The van der Waals surface area contributed by atoms with Gasteiger partial charge in [0.25, 0.3) is 0 Å². The van der Waals surface area contributed by atoms with E-state index in [1.54, 1.807) is 0 Å². The van der Waals surface area contributed by atoms with Gasteiger partial charge in [0.05, 0.1) is 0 Å². The van der Waals surface area contributed by atoms with Crippen LogP contribution in [0.1, 0.15) is 47.0 Å². The van der Waals surface area contributed by atoms with Crippen LogP contribution in [0.2, 0.25) is 0 Å². The van der Waals surface area contributed by atoms with Gasteiger partial charge < -0.3 is 5.73 Å². The van der Waals surface area contributed by atoms with E-state index in [1.807, 2.05) is 0 Å². The van der Waals surface area contributed by atoms with Crippen LogP contribution in [0.4, 0.5) is 0 Å². The van der Waals surface area contributed by atoms with E-state index in [4.69, 9.17) is 5.73 Å². The number of nitrogens with two attached hydrogens (primary N) is 1. The van der Waals surface area contributed by atoms with Crippen LogP contribution in [0.25, 0.3) is 0 Å². The second kappa shape index (κ2) is 5.84. The summed E-state index contributed by atoms with van der Waals surface area (Å²) in [6, 6.07) is 0.368. The van der Waals surface area contributed by atoms with E-state index in [9.17, 15) is 0 Å². The SMILES string of the molecule is CCCCC(N)C(C)(C)C.Cl. The van der Waals surface area contributed by atoms with Crippen LogP contribution >= 0.6 is 12.4 Å². The summed E-state index contributed by atoms with van der Waals surface area (Å²) in [6.45, 7) is 8.81. The van der Waals surface area contributed by atoms with Crippen LogP contribution in [0.5, 0.6) is 0 Å². The van der Waals surface area contributed by atoms with E-state index < -0.39 is 0 Å². The van der Waals surface area contributed by atoms with Gasteiger partial charge in [-0.2, -0.15) is 0 Å². The number of halogens is 1. The molecule has 0 bridgehead atoms. The molecule has 0 amide bonds. The smallest absolute Gasteiger partial charge is 0.00876 e. The second-order valence-electron chi connectivity index (χ2n) is 4.11. The highest BCUT2D eigenvalue weighted by Crippen LogP contribution is 2.20. The molecule has 0 aromatic heterocycles. The maximum absolute atomic E-state index is 5.94. The molecule has 0 aromatic carbocycles. The third kappa shape index (κ3) is 6.64. The third-order valence-corrected chi connectivity index (χ3v) is 1.98. The van der Waals surface area contributed by atoms with E-state index in [-0.39, 0.29) is 17.8 Å². The van der Waals surface area contributed by atoms with Gasteiger partial charge in [-0.15, -0.1) is 12.4 Å². The Kier molecular flexibility index (Phi) is 7.34. The van der Waals surface area contributed by atoms with Crippen molar-refractivity contribution in [2.45, 2.75) is 53.0 Å². The Bertz CT molecular complexity index is 86.1. The molecule has 0 saturated carbocycles. The zero-order chi connectivity index (χ0) is 8.20. The van der Waals surface area contributed by atoms with Crippen LogP contribution < -0.4 is 5.73 Å². The fourth-order valence-electron chi connectivity index (χ4n) is 0.857. The van der Waals surface area contributed by atoms with Crippen molar-refractivity contribution >= 4 is 12.4 Å². The minimum absolute atomic E-state index is 0. The molecule has 0 radical (unpaired) electrons. The van der Waals surface area contributed by atoms with Crippen LogP contribution in [0.15, 0.2) is 0 Å². The van der Waals surface area contributed by atoms with Crippen molar-refractivity contribution in [2.24, 2.45) is 11.1 Å². The summed E-state index contributed by atoms with van der Waals surface area (Å²) in [4.78, 5) is 0. The summed E-state index contributed by atoms with van der Waals surface area (Å²) in [5, 5.41) is 0. The molecule has 0 aliphatic carbocycles. The summed E-state index contributed by atoms with van der Waals surface area (Å²) in [5.74, 6) is 0. The Balaban J connectivity index is 0. The number of hydrogen-bond donors (Lipinski definition) is 1. The van der Waals surface area contributed by atoms with Gasteiger partial charge >= 0.3 is 0 Å². The predicted molar refractivity (Wildman–Crippen MR) is 54.2 cm³/mol.